The largest absolute Gasteiger partial charge is 0.466 e. The van der Waals surface area contributed by atoms with Crippen molar-refractivity contribution in [2.24, 2.45) is 11.3 Å². The van der Waals surface area contributed by atoms with Crippen LogP contribution < -0.4 is 10.2 Å². The average molecular weight is 423 g/mol. The third kappa shape index (κ3) is 4.56. The third-order valence-electron chi connectivity index (χ3n) is 5.02. The summed E-state index contributed by atoms with van der Waals surface area (Å²) < 4.78 is 49.0. The smallest absolute Gasteiger partial charge is 0.416 e. The fourth-order valence-corrected chi connectivity index (χ4v) is 3.41. The number of ether oxygens (including phenoxy) is 2. The van der Waals surface area contributed by atoms with Crippen LogP contribution in [0.1, 0.15) is 24.5 Å². The van der Waals surface area contributed by atoms with E-state index >= 15 is 0 Å². The molecule has 0 heterocycles. The van der Waals surface area contributed by atoms with Crippen molar-refractivity contribution < 1.29 is 37.4 Å². The zero-order chi connectivity index (χ0) is 21.9. The van der Waals surface area contributed by atoms with Gasteiger partial charge in [0.15, 0.2) is 0 Å². The molecule has 3 rings (SSSR count). The standard InChI is InChI=1S/C21H20F3NO5/c1-2-29-19(27)20(12-17(20)18(26)25-28)11-13-6-8-15(9-7-13)30-16-5-3-4-14(10-16)21(22,23)24/h3-10,17,28H,2,11-12H2,1H3,(H,25,26)/t17-,20+/m1/s1. The van der Waals surface area contributed by atoms with Crippen LogP contribution in [0.5, 0.6) is 11.5 Å². The highest BCUT2D eigenvalue weighted by atomic mass is 19.4. The Bertz CT molecular complexity index is 929. The lowest BCUT2D eigenvalue weighted by atomic mass is 9.93. The molecule has 2 atom stereocenters. The van der Waals surface area contributed by atoms with E-state index in [1.54, 1.807) is 36.7 Å². The maximum atomic E-state index is 12.8. The molecule has 0 bridgehead atoms. The molecule has 1 aliphatic carbocycles. The van der Waals surface area contributed by atoms with E-state index in [1.165, 1.54) is 12.1 Å². The number of hydrogen-bond donors (Lipinski definition) is 2. The molecule has 160 valence electrons. The second kappa shape index (κ2) is 8.35. The van der Waals surface area contributed by atoms with Gasteiger partial charge in [-0.15, -0.1) is 0 Å². The van der Waals surface area contributed by atoms with Gasteiger partial charge in [-0.3, -0.25) is 14.8 Å². The molecule has 2 aromatic carbocycles. The average Bonchev–Trinajstić information content (AvgIpc) is 3.44. The molecule has 0 unspecified atom stereocenters. The molecule has 0 radical (unpaired) electrons. The van der Waals surface area contributed by atoms with E-state index in [1.807, 2.05) is 0 Å². The van der Waals surface area contributed by atoms with E-state index in [4.69, 9.17) is 14.7 Å². The van der Waals surface area contributed by atoms with Crippen molar-refractivity contribution in [2.75, 3.05) is 6.61 Å². The summed E-state index contributed by atoms with van der Waals surface area (Å²) in [6, 6.07) is 11.0. The number of amides is 1. The van der Waals surface area contributed by atoms with Gasteiger partial charge in [0.25, 0.3) is 0 Å². The third-order valence-corrected chi connectivity index (χ3v) is 5.02. The summed E-state index contributed by atoms with van der Waals surface area (Å²) in [6.45, 7) is 1.83. The molecule has 1 amide bonds. The molecule has 1 fully saturated rings. The Balaban J connectivity index is 1.72. The molecule has 0 saturated heterocycles. The van der Waals surface area contributed by atoms with Crippen LogP contribution in [0.3, 0.4) is 0 Å². The molecule has 6 nitrogen and oxygen atoms in total. The number of halogens is 3. The summed E-state index contributed by atoms with van der Waals surface area (Å²) in [5, 5.41) is 8.86. The Morgan fingerprint density at radius 2 is 1.87 bits per heavy atom. The van der Waals surface area contributed by atoms with E-state index in [0.29, 0.717) is 11.3 Å². The zero-order valence-electron chi connectivity index (χ0n) is 16.0. The van der Waals surface area contributed by atoms with Gasteiger partial charge in [0.1, 0.15) is 11.5 Å². The minimum absolute atomic E-state index is 0.0439. The van der Waals surface area contributed by atoms with Crippen LogP contribution in [0.2, 0.25) is 0 Å². The van der Waals surface area contributed by atoms with Crippen molar-refractivity contribution >= 4 is 11.9 Å². The highest BCUT2D eigenvalue weighted by Gasteiger charge is 2.64. The van der Waals surface area contributed by atoms with Gasteiger partial charge >= 0.3 is 12.1 Å². The summed E-state index contributed by atoms with van der Waals surface area (Å²) in [4.78, 5) is 24.2. The molecule has 30 heavy (non-hydrogen) atoms. The van der Waals surface area contributed by atoms with E-state index < -0.39 is 34.9 Å². The Morgan fingerprint density at radius 3 is 2.47 bits per heavy atom. The van der Waals surface area contributed by atoms with Crippen LogP contribution in [-0.4, -0.2) is 23.7 Å². The van der Waals surface area contributed by atoms with Crippen LogP contribution in [0.25, 0.3) is 0 Å². The molecular weight excluding hydrogens is 403 g/mol. The monoisotopic (exact) mass is 423 g/mol. The van der Waals surface area contributed by atoms with Crippen LogP contribution >= 0.6 is 0 Å². The topological polar surface area (TPSA) is 84.9 Å². The molecule has 1 aliphatic rings. The van der Waals surface area contributed by atoms with Gasteiger partial charge in [-0.25, -0.2) is 5.48 Å². The number of carbonyl (C=O) groups excluding carboxylic acids is 2. The van der Waals surface area contributed by atoms with Crippen molar-refractivity contribution in [1.82, 2.24) is 5.48 Å². The highest BCUT2D eigenvalue weighted by molar-refractivity contribution is 5.93. The number of nitrogens with one attached hydrogen (secondary N) is 1. The van der Waals surface area contributed by atoms with Gasteiger partial charge < -0.3 is 9.47 Å². The van der Waals surface area contributed by atoms with Crippen molar-refractivity contribution in [3.8, 4) is 11.5 Å². The van der Waals surface area contributed by atoms with Crippen molar-refractivity contribution in [1.29, 1.82) is 0 Å². The molecule has 1 saturated carbocycles. The summed E-state index contributed by atoms with van der Waals surface area (Å²) in [5.41, 5.74) is 0.425. The lowest BCUT2D eigenvalue weighted by Gasteiger charge is -2.16. The lowest BCUT2D eigenvalue weighted by Crippen LogP contribution is -2.30. The van der Waals surface area contributed by atoms with Crippen LogP contribution in [0.15, 0.2) is 48.5 Å². The predicted molar refractivity (Wildman–Crippen MR) is 98.8 cm³/mol. The quantitative estimate of drug-likeness (QED) is 0.398. The first-order valence-electron chi connectivity index (χ1n) is 9.25. The zero-order valence-corrected chi connectivity index (χ0v) is 16.0. The minimum atomic E-state index is -4.47. The predicted octanol–water partition coefficient (Wildman–Crippen LogP) is 4.12. The number of benzene rings is 2. The van der Waals surface area contributed by atoms with Crippen LogP contribution in [-0.2, 0) is 26.9 Å². The number of esters is 1. The van der Waals surface area contributed by atoms with Gasteiger partial charge in [-0.1, -0.05) is 18.2 Å². The first-order valence-corrected chi connectivity index (χ1v) is 9.25. The minimum Gasteiger partial charge on any atom is -0.466 e. The normalized spacial score (nSPS) is 20.4. The van der Waals surface area contributed by atoms with E-state index in [9.17, 15) is 22.8 Å². The first kappa shape index (κ1) is 21.6. The number of carbonyl (C=O) groups is 2. The molecule has 9 heteroatoms. The van der Waals surface area contributed by atoms with Crippen molar-refractivity contribution in [3.05, 3.63) is 59.7 Å². The van der Waals surface area contributed by atoms with Crippen LogP contribution in [0, 0.1) is 11.3 Å². The fraction of sp³-hybridized carbons (Fsp3) is 0.333. The SMILES string of the molecule is CCOC(=O)[C@@]1(Cc2ccc(Oc3cccc(C(F)(F)F)c3)cc2)C[C@@H]1C(=O)NO. The van der Waals surface area contributed by atoms with Gasteiger partial charge in [0, 0.05) is 0 Å². The summed E-state index contributed by atoms with van der Waals surface area (Å²) >= 11 is 0. The van der Waals surface area contributed by atoms with E-state index in [-0.39, 0.29) is 25.2 Å². The molecule has 0 aliphatic heterocycles. The van der Waals surface area contributed by atoms with E-state index in [0.717, 1.165) is 12.1 Å². The molecular formula is C21H20F3NO5. The van der Waals surface area contributed by atoms with Gasteiger partial charge in [0.05, 0.1) is 23.5 Å². The maximum Gasteiger partial charge on any atom is 0.416 e. The van der Waals surface area contributed by atoms with Crippen molar-refractivity contribution in [3.63, 3.8) is 0 Å². The van der Waals surface area contributed by atoms with Gasteiger partial charge in [-0.2, -0.15) is 13.2 Å². The molecule has 2 N–H and O–H groups in total. The van der Waals surface area contributed by atoms with Gasteiger partial charge in [0.2, 0.25) is 5.91 Å². The van der Waals surface area contributed by atoms with Crippen molar-refractivity contribution in [2.45, 2.75) is 25.9 Å². The fourth-order valence-electron chi connectivity index (χ4n) is 3.41. The van der Waals surface area contributed by atoms with Crippen LogP contribution in [0.4, 0.5) is 13.2 Å². The number of alkyl halides is 3. The molecule has 0 aromatic heterocycles. The Kier molecular flexibility index (Phi) is 6.02. The number of rotatable bonds is 7. The first-order chi connectivity index (χ1) is 14.2. The second-order valence-electron chi connectivity index (χ2n) is 7.06. The second-order valence-corrected chi connectivity index (χ2v) is 7.06. The number of hydrogen-bond acceptors (Lipinski definition) is 5. The maximum absolute atomic E-state index is 12.8. The Labute approximate surface area is 170 Å². The van der Waals surface area contributed by atoms with E-state index in [2.05, 4.69) is 0 Å². The molecule has 2 aromatic rings. The molecule has 0 spiro atoms. The van der Waals surface area contributed by atoms with Gasteiger partial charge in [-0.05, 0) is 55.7 Å². The highest BCUT2D eigenvalue weighted by Crippen LogP contribution is 2.56. The number of hydroxylamine groups is 1. The summed E-state index contributed by atoms with van der Waals surface area (Å²) in [7, 11) is 0. The summed E-state index contributed by atoms with van der Waals surface area (Å²) in [6.07, 6.45) is -4.00. The summed E-state index contributed by atoms with van der Waals surface area (Å²) in [5.74, 6) is -1.48. The lowest BCUT2D eigenvalue weighted by molar-refractivity contribution is -0.152. The Morgan fingerprint density at radius 1 is 1.17 bits per heavy atom. The Hall–Kier alpha value is -3.07.